The molecular weight excluding hydrogens is 292 g/mol. The maximum atomic E-state index is 12.1. The van der Waals surface area contributed by atoms with E-state index in [1.54, 1.807) is 6.20 Å². The molecule has 1 aliphatic rings. The molecule has 2 heterocycles. The average molecular weight is 322 g/mol. The van der Waals surface area contributed by atoms with Crippen LogP contribution >= 0.6 is 0 Å². The molecule has 1 fully saturated rings. The van der Waals surface area contributed by atoms with Crippen LogP contribution in [0.3, 0.4) is 0 Å². The topological polar surface area (TPSA) is 70.4 Å². The monoisotopic (exact) mass is 322 g/mol. The zero-order valence-electron chi connectivity index (χ0n) is 14.7. The van der Waals surface area contributed by atoms with Crippen LogP contribution in [0, 0.1) is 11.8 Å². The number of aliphatic hydroxyl groups is 1. The first-order chi connectivity index (χ1) is 10.9. The molecule has 0 saturated carbocycles. The smallest absolute Gasteiger partial charge is 0.234 e. The first-order valence-corrected chi connectivity index (χ1v) is 8.55. The molecule has 2 N–H and O–H groups in total. The van der Waals surface area contributed by atoms with Gasteiger partial charge >= 0.3 is 0 Å². The molecule has 0 aliphatic carbocycles. The van der Waals surface area contributed by atoms with Crippen LogP contribution in [-0.2, 0) is 11.8 Å². The first-order valence-electron chi connectivity index (χ1n) is 8.55. The summed E-state index contributed by atoms with van der Waals surface area (Å²) in [4.78, 5) is 18.5. The Labute approximate surface area is 138 Å². The molecule has 2 atom stereocenters. The van der Waals surface area contributed by atoms with Gasteiger partial charge in [0.15, 0.2) is 0 Å². The Bertz CT molecular complexity index is 506. The highest BCUT2D eigenvalue weighted by atomic mass is 16.3. The van der Waals surface area contributed by atoms with Gasteiger partial charge in [0, 0.05) is 25.5 Å². The van der Waals surface area contributed by atoms with Gasteiger partial charge in [0.2, 0.25) is 5.91 Å². The molecular formula is C17H30N4O2. The van der Waals surface area contributed by atoms with Crippen molar-refractivity contribution in [2.45, 2.75) is 45.8 Å². The van der Waals surface area contributed by atoms with Crippen molar-refractivity contribution in [3.05, 3.63) is 18.2 Å². The number of carbonyl (C=O) groups is 1. The Hall–Kier alpha value is -1.40. The molecule has 1 aromatic heterocycles. The van der Waals surface area contributed by atoms with Crippen molar-refractivity contribution in [2.75, 3.05) is 19.6 Å². The molecule has 23 heavy (non-hydrogen) atoms. The second-order valence-corrected chi connectivity index (χ2v) is 7.05. The predicted octanol–water partition coefficient (Wildman–Crippen LogP) is 1.33. The fourth-order valence-corrected chi connectivity index (χ4v) is 2.97. The summed E-state index contributed by atoms with van der Waals surface area (Å²) >= 11 is 0. The summed E-state index contributed by atoms with van der Waals surface area (Å²) in [6.07, 6.45) is 4.83. The van der Waals surface area contributed by atoms with Gasteiger partial charge in [0.1, 0.15) is 11.9 Å². The second-order valence-electron chi connectivity index (χ2n) is 7.05. The third kappa shape index (κ3) is 4.78. The molecule has 6 heteroatoms. The van der Waals surface area contributed by atoms with E-state index < -0.39 is 6.10 Å². The number of imidazole rings is 1. The lowest BCUT2D eigenvalue weighted by Crippen LogP contribution is -2.45. The van der Waals surface area contributed by atoms with Gasteiger partial charge in [-0.15, -0.1) is 0 Å². The maximum absolute atomic E-state index is 12.1. The third-order valence-electron chi connectivity index (χ3n) is 4.96. The summed E-state index contributed by atoms with van der Waals surface area (Å²) < 4.78 is 1.87. The quantitative estimate of drug-likeness (QED) is 0.829. The molecule has 130 valence electrons. The molecule has 1 aliphatic heterocycles. The molecule has 2 rings (SSSR count). The number of likely N-dealkylation sites (tertiary alicyclic amines) is 1. The van der Waals surface area contributed by atoms with E-state index >= 15 is 0 Å². The fraction of sp³-hybridized carbons (Fsp3) is 0.765. The van der Waals surface area contributed by atoms with E-state index in [1.165, 1.54) is 0 Å². The Kier molecular flexibility index (Phi) is 6.18. The Morgan fingerprint density at radius 2 is 2.04 bits per heavy atom. The number of carbonyl (C=O) groups excluding carboxylic acids is 1. The lowest BCUT2D eigenvalue weighted by atomic mass is 9.90. The fourth-order valence-electron chi connectivity index (χ4n) is 2.97. The van der Waals surface area contributed by atoms with Gasteiger partial charge in [-0.25, -0.2) is 4.98 Å². The minimum atomic E-state index is -0.521. The van der Waals surface area contributed by atoms with E-state index in [-0.39, 0.29) is 17.9 Å². The van der Waals surface area contributed by atoms with E-state index in [4.69, 9.17) is 0 Å². The lowest BCUT2D eigenvalue weighted by Gasteiger charge is -2.33. The minimum Gasteiger partial charge on any atom is -0.385 e. The SMILES string of the molecule is CC(C)C(C)NC(=O)CN1CCC(C(O)c2nccn2C)CC1. The Morgan fingerprint density at radius 1 is 1.39 bits per heavy atom. The zero-order valence-corrected chi connectivity index (χ0v) is 14.7. The summed E-state index contributed by atoms with van der Waals surface area (Å²) in [5.74, 6) is 1.48. The summed E-state index contributed by atoms with van der Waals surface area (Å²) in [6.45, 7) is 8.39. The molecule has 1 saturated heterocycles. The number of hydrogen-bond acceptors (Lipinski definition) is 4. The van der Waals surface area contributed by atoms with E-state index in [0.29, 0.717) is 12.5 Å². The van der Waals surface area contributed by atoms with E-state index in [0.717, 1.165) is 31.8 Å². The van der Waals surface area contributed by atoms with Crippen LogP contribution in [0.1, 0.15) is 45.5 Å². The molecule has 0 radical (unpaired) electrons. The van der Waals surface area contributed by atoms with Crippen LogP contribution in [0.4, 0.5) is 0 Å². The van der Waals surface area contributed by atoms with Crippen LogP contribution in [-0.4, -0.2) is 51.1 Å². The summed E-state index contributed by atoms with van der Waals surface area (Å²) in [6, 6.07) is 0.199. The van der Waals surface area contributed by atoms with E-state index in [2.05, 4.69) is 29.0 Å². The van der Waals surface area contributed by atoms with Gasteiger partial charge in [-0.2, -0.15) is 0 Å². The van der Waals surface area contributed by atoms with Crippen molar-refractivity contribution in [1.82, 2.24) is 19.8 Å². The van der Waals surface area contributed by atoms with Crippen molar-refractivity contribution < 1.29 is 9.90 Å². The number of aliphatic hydroxyl groups excluding tert-OH is 1. The number of piperidine rings is 1. The van der Waals surface area contributed by atoms with E-state index in [9.17, 15) is 9.90 Å². The van der Waals surface area contributed by atoms with Crippen LogP contribution < -0.4 is 5.32 Å². The summed E-state index contributed by atoms with van der Waals surface area (Å²) in [5, 5.41) is 13.5. The van der Waals surface area contributed by atoms with Crippen LogP contribution in [0.2, 0.25) is 0 Å². The number of rotatable bonds is 6. The van der Waals surface area contributed by atoms with Gasteiger partial charge in [0.05, 0.1) is 6.54 Å². The highest BCUT2D eigenvalue weighted by Gasteiger charge is 2.29. The largest absolute Gasteiger partial charge is 0.385 e. The number of hydrogen-bond donors (Lipinski definition) is 2. The average Bonchev–Trinajstić information content (AvgIpc) is 2.93. The van der Waals surface area contributed by atoms with Crippen molar-refractivity contribution in [2.24, 2.45) is 18.9 Å². The number of amides is 1. The first kappa shape index (κ1) is 17.9. The van der Waals surface area contributed by atoms with Gasteiger partial charge in [-0.1, -0.05) is 13.8 Å². The Balaban J connectivity index is 1.78. The molecule has 6 nitrogen and oxygen atoms in total. The van der Waals surface area contributed by atoms with Gasteiger partial charge in [0.25, 0.3) is 0 Å². The predicted molar refractivity (Wildman–Crippen MR) is 89.8 cm³/mol. The van der Waals surface area contributed by atoms with Gasteiger partial charge in [-0.05, 0) is 44.7 Å². The normalized spacial score (nSPS) is 19.7. The minimum absolute atomic E-state index is 0.0919. The third-order valence-corrected chi connectivity index (χ3v) is 4.96. The van der Waals surface area contributed by atoms with Gasteiger partial charge in [-0.3, -0.25) is 9.69 Å². The number of nitrogens with zero attached hydrogens (tertiary/aromatic N) is 3. The summed E-state index contributed by atoms with van der Waals surface area (Å²) in [5.41, 5.74) is 0. The Morgan fingerprint density at radius 3 is 2.57 bits per heavy atom. The molecule has 0 bridgehead atoms. The molecule has 1 aromatic rings. The standard InChI is InChI=1S/C17H30N4O2/c1-12(2)13(3)19-15(22)11-21-8-5-14(6-9-21)16(23)17-18-7-10-20(17)4/h7,10,12-14,16,23H,5-6,8-9,11H2,1-4H3,(H,19,22). The maximum Gasteiger partial charge on any atom is 0.234 e. The highest BCUT2D eigenvalue weighted by Crippen LogP contribution is 2.29. The van der Waals surface area contributed by atoms with Crippen LogP contribution in [0.25, 0.3) is 0 Å². The highest BCUT2D eigenvalue weighted by molar-refractivity contribution is 5.78. The van der Waals surface area contributed by atoms with Crippen LogP contribution in [0.15, 0.2) is 12.4 Å². The second kappa shape index (κ2) is 7.93. The number of aromatic nitrogens is 2. The van der Waals surface area contributed by atoms with Crippen LogP contribution in [0.5, 0.6) is 0 Å². The number of nitrogens with one attached hydrogen (secondary N) is 1. The zero-order chi connectivity index (χ0) is 17.0. The summed E-state index contributed by atoms with van der Waals surface area (Å²) in [7, 11) is 1.90. The molecule has 2 unspecified atom stereocenters. The molecule has 1 amide bonds. The number of aryl methyl sites for hydroxylation is 1. The molecule has 0 aromatic carbocycles. The lowest BCUT2D eigenvalue weighted by molar-refractivity contribution is -0.123. The van der Waals surface area contributed by atoms with Crippen molar-refractivity contribution in [3.63, 3.8) is 0 Å². The van der Waals surface area contributed by atoms with Crippen molar-refractivity contribution >= 4 is 5.91 Å². The molecule has 0 spiro atoms. The van der Waals surface area contributed by atoms with Crippen molar-refractivity contribution in [1.29, 1.82) is 0 Å². The van der Waals surface area contributed by atoms with E-state index in [1.807, 2.05) is 24.7 Å². The van der Waals surface area contributed by atoms with Crippen molar-refractivity contribution in [3.8, 4) is 0 Å². The van der Waals surface area contributed by atoms with Gasteiger partial charge < -0.3 is 15.0 Å².